The lowest BCUT2D eigenvalue weighted by Crippen LogP contribution is -2.52. The molecule has 114 valence electrons. The molecular formula is C14H18N2O5. The number of carbonyl (C=O) groups excluding carboxylic acids is 1. The Balaban J connectivity index is 1.47. The molecule has 2 atom stereocenters. The fraction of sp³-hybridized carbons (Fsp3) is 0.643. The normalized spacial score (nSPS) is 34.2. The van der Waals surface area contributed by atoms with Crippen LogP contribution in [0.5, 0.6) is 0 Å². The second-order valence-electron chi connectivity index (χ2n) is 5.68. The number of nitrogens with zero attached hydrogens (tertiary/aromatic N) is 2. The van der Waals surface area contributed by atoms with E-state index in [1.54, 1.807) is 0 Å². The van der Waals surface area contributed by atoms with Crippen molar-refractivity contribution in [3.63, 3.8) is 0 Å². The van der Waals surface area contributed by atoms with Gasteiger partial charge in [0.15, 0.2) is 0 Å². The zero-order valence-corrected chi connectivity index (χ0v) is 11.6. The maximum absolute atomic E-state index is 11.8. The van der Waals surface area contributed by atoms with Crippen LogP contribution in [0.3, 0.4) is 0 Å². The predicted octanol–water partition coefficient (Wildman–Crippen LogP) is 1.72. The molecule has 2 bridgehead atoms. The molecule has 7 heteroatoms. The van der Waals surface area contributed by atoms with E-state index < -0.39 is 17.2 Å². The van der Waals surface area contributed by atoms with Crippen molar-refractivity contribution in [1.82, 2.24) is 4.90 Å². The summed E-state index contributed by atoms with van der Waals surface area (Å²) < 4.78 is 10.6. The molecule has 3 aliphatic heterocycles. The van der Waals surface area contributed by atoms with Crippen molar-refractivity contribution in [3.05, 3.63) is 34.0 Å². The number of piperidine rings is 3. The van der Waals surface area contributed by atoms with E-state index in [4.69, 9.17) is 9.47 Å². The number of hydrogen-bond acceptors (Lipinski definition) is 6. The average Bonchev–Trinajstić information content (AvgIpc) is 2.49. The van der Waals surface area contributed by atoms with Gasteiger partial charge in [0, 0.05) is 19.0 Å². The smallest absolute Gasteiger partial charge is 0.429 e. The standard InChI is InChI=1S/C14H18N2O5/c17-14(20-12-3-1-11(2-4-12)16(18)19)21-13-9-15-7-5-10(13)6-8-15/h1-3,10,12-13H,4-9H2/t12?,13-/m0/s1. The summed E-state index contributed by atoms with van der Waals surface area (Å²) in [4.78, 5) is 24.2. The Morgan fingerprint density at radius 2 is 2.10 bits per heavy atom. The van der Waals surface area contributed by atoms with E-state index in [2.05, 4.69) is 4.90 Å². The summed E-state index contributed by atoms with van der Waals surface area (Å²) in [5.41, 5.74) is 0.0283. The SMILES string of the molecule is O=C(OC1C=CC([N+](=O)[O-])=CC1)O[C@H]1CN2CCC1CC2. The summed E-state index contributed by atoms with van der Waals surface area (Å²) >= 11 is 0. The van der Waals surface area contributed by atoms with Gasteiger partial charge in [-0.3, -0.25) is 15.0 Å². The van der Waals surface area contributed by atoms with Crippen molar-refractivity contribution in [1.29, 1.82) is 0 Å². The Morgan fingerprint density at radius 1 is 1.33 bits per heavy atom. The highest BCUT2D eigenvalue weighted by Crippen LogP contribution is 2.30. The van der Waals surface area contributed by atoms with E-state index in [0.717, 1.165) is 32.5 Å². The third-order valence-electron chi connectivity index (χ3n) is 4.34. The maximum Gasteiger partial charge on any atom is 0.509 e. The largest absolute Gasteiger partial charge is 0.509 e. The lowest BCUT2D eigenvalue weighted by atomic mass is 9.86. The third-order valence-corrected chi connectivity index (χ3v) is 4.34. The molecule has 7 nitrogen and oxygen atoms in total. The number of hydrogen-bond donors (Lipinski definition) is 0. The minimum Gasteiger partial charge on any atom is -0.429 e. The van der Waals surface area contributed by atoms with Gasteiger partial charge in [0.1, 0.15) is 12.2 Å². The molecule has 3 fully saturated rings. The van der Waals surface area contributed by atoms with Crippen LogP contribution >= 0.6 is 0 Å². The molecule has 4 aliphatic rings. The van der Waals surface area contributed by atoms with E-state index in [9.17, 15) is 14.9 Å². The number of fused-ring (bicyclic) bond motifs is 3. The molecule has 0 aromatic carbocycles. The van der Waals surface area contributed by atoms with Crippen LogP contribution in [0, 0.1) is 16.0 Å². The van der Waals surface area contributed by atoms with Crippen molar-refractivity contribution in [3.8, 4) is 0 Å². The summed E-state index contributed by atoms with van der Waals surface area (Å²) in [5, 5.41) is 10.6. The van der Waals surface area contributed by atoms with Gasteiger partial charge in [0.2, 0.25) is 0 Å². The molecule has 3 heterocycles. The number of carbonyl (C=O) groups is 1. The highest BCUT2D eigenvalue weighted by atomic mass is 16.7. The van der Waals surface area contributed by atoms with Crippen molar-refractivity contribution >= 4 is 6.16 Å². The summed E-state index contributed by atoms with van der Waals surface area (Å²) in [6.07, 6.45) is 5.52. The van der Waals surface area contributed by atoms with Crippen LogP contribution < -0.4 is 0 Å². The topological polar surface area (TPSA) is 81.9 Å². The van der Waals surface area contributed by atoms with Gasteiger partial charge in [0.05, 0.1) is 4.92 Å². The van der Waals surface area contributed by atoms with Crippen LogP contribution in [0.4, 0.5) is 4.79 Å². The van der Waals surface area contributed by atoms with Crippen LogP contribution in [0.2, 0.25) is 0 Å². The van der Waals surface area contributed by atoms with E-state index in [1.807, 2.05) is 0 Å². The van der Waals surface area contributed by atoms with Crippen molar-refractivity contribution in [2.45, 2.75) is 31.5 Å². The summed E-state index contributed by atoms with van der Waals surface area (Å²) in [6, 6.07) is 0. The lowest BCUT2D eigenvalue weighted by Gasteiger charge is -2.43. The van der Waals surface area contributed by atoms with Gasteiger partial charge >= 0.3 is 6.16 Å². The molecule has 0 spiro atoms. The average molecular weight is 294 g/mol. The molecule has 0 aromatic rings. The van der Waals surface area contributed by atoms with E-state index in [1.165, 1.54) is 18.2 Å². The number of rotatable bonds is 3. The first-order chi connectivity index (χ1) is 10.1. The molecule has 1 aliphatic carbocycles. The van der Waals surface area contributed by atoms with Crippen molar-refractivity contribution in [2.75, 3.05) is 19.6 Å². The van der Waals surface area contributed by atoms with Gasteiger partial charge in [0.25, 0.3) is 5.70 Å². The first kappa shape index (κ1) is 14.1. The van der Waals surface area contributed by atoms with Crippen LogP contribution in [-0.2, 0) is 9.47 Å². The quantitative estimate of drug-likeness (QED) is 0.448. The van der Waals surface area contributed by atoms with Gasteiger partial charge in [-0.05, 0) is 44.0 Å². The Bertz CT molecular complexity index is 494. The Hall–Kier alpha value is -1.89. The zero-order valence-electron chi connectivity index (χ0n) is 11.6. The summed E-state index contributed by atoms with van der Waals surface area (Å²) in [7, 11) is 0. The second-order valence-corrected chi connectivity index (χ2v) is 5.68. The Kier molecular flexibility index (Phi) is 3.92. The predicted molar refractivity (Wildman–Crippen MR) is 73.1 cm³/mol. The minimum atomic E-state index is -0.679. The fourth-order valence-corrected chi connectivity index (χ4v) is 3.13. The molecule has 0 aromatic heterocycles. The molecule has 0 saturated carbocycles. The van der Waals surface area contributed by atoms with Gasteiger partial charge in [-0.1, -0.05) is 0 Å². The third kappa shape index (κ3) is 3.24. The first-order valence-electron chi connectivity index (χ1n) is 7.24. The molecule has 1 unspecified atom stereocenters. The molecule has 3 saturated heterocycles. The molecule has 4 rings (SSSR count). The van der Waals surface area contributed by atoms with E-state index >= 15 is 0 Å². The van der Waals surface area contributed by atoms with Crippen molar-refractivity contribution in [2.24, 2.45) is 5.92 Å². The Morgan fingerprint density at radius 3 is 2.62 bits per heavy atom. The highest BCUT2D eigenvalue weighted by molar-refractivity contribution is 5.61. The van der Waals surface area contributed by atoms with Gasteiger partial charge in [-0.15, -0.1) is 0 Å². The van der Waals surface area contributed by atoms with Crippen LogP contribution in [0.15, 0.2) is 23.9 Å². The molecule has 0 amide bonds. The summed E-state index contributed by atoms with van der Waals surface area (Å²) in [5.74, 6) is 0.436. The molecule has 0 N–H and O–H groups in total. The van der Waals surface area contributed by atoms with E-state index in [0.29, 0.717) is 12.3 Å². The minimum absolute atomic E-state index is 0.0283. The van der Waals surface area contributed by atoms with E-state index in [-0.39, 0.29) is 11.8 Å². The molecular weight excluding hydrogens is 276 g/mol. The van der Waals surface area contributed by atoms with Crippen molar-refractivity contribution < 1.29 is 19.2 Å². The number of allylic oxidation sites excluding steroid dienone is 1. The zero-order chi connectivity index (χ0) is 14.8. The van der Waals surface area contributed by atoms with Crippen LogP contribution in [-0.4, -0.2) is 47.8 Å². The fourth-order valence-electron chi connectivity index (χ4n) is 3.13. The van der Waals surface area contributed by atoms with Gasteiger partial charge in [-0.2, -0.15) is 0 Å². The lowest BCUT2D eigenvalue weighted by molar-refractivity contribution is -0.419. The number of nitro groups is 1. The monoisotopic (exact) mass is 294 g/mol. The van der Waals surface area contributed by atoms with Crippen LogP contribution in [0.1, 0.15) is 19.3 Å². The second kappa shape index (κ2) is 5.85. The van der Waals surface area contributed by atoms with Gasteiger partial charge < -0.3 is 9.47 Å². The van der Waals surface area contributed by atoms with Gasteiger partial charge in [-0.25, -0.2) is 4.79 Å². The summed E-state index contributed by atoms with van der Waals surface area (Å²) in [6.45, 7) is 2.95. The number of ether oxygens (including phenoxy) is 2. The molecule has 0 radical (unpaired) electrons. The highest BCUT2D eigenvalue weighted by Gasteiger charge is 2.37. The maximum atomic E-state index is 11.8. The molecule has 21 heavy (non-hydrogen) atoms. The van der Waals surface area contributed by atoms with Crippen LogP contribution in [0.25, 0.3) is 0 Å². The first-order valence-corrected chi connectivity index (χ1v) is 7.24. The Labute approximate surface area is 122 Å².